The topological polar surface area (TPSA) is 93.6 Å². The number of aryl methyl sites for hydroxylation is 1. The lowest BCUT2D eigenvalue weighted by molar-refractivity contribution is -0.131. The second-order valence-corrected chi connectivity index (χ2v) is 10.4. The lowest BCUT2D eigenvalue weighted by Crippen LogP contribution is -2.52. The van der Waals surface area contributed by atoms with E-state index < -0.39 is 5.69 Å². The number of likely N-dealkylation sites (tertiary alicyclic amines) is 1. The van der Waals surface area contributed by atoms with Crippen molar-refractivity contribution in [1.29, 1.82) is 0 Å². The van der Waals surface area contributed by atoms with Gasteiger partial charge in [0.05, 0.1) is 11.0 Å². The van der Waals surface area contributed by atoms with Gasteiger partial charge in [0.1, 0.15) is 0 Å². The highest BCUT2D eigenvalue weighted by Gasteiger charge is 2.31. The number of imidazole rings is 1. The SMILES string of the molecule is Cn1c(=O)n(N2C(=O)CCCC2=O)c2ccc(C#CC3CCN(CC4CCC(N)CC4)CC3)cc21. The molecule has 186 valence electrons. The number of aromatic nitrogens is 2. The number of carbonyl (C=O) groups is 2. The number of nitrogens with zero attached hydrogens (tertiary/aromatic N) is 4. The molecular weight excluding hydrogens is 442 g/mol. The van der Waals surface area contributed by atoms with Crippen LogP contribution in [-0.4, -0.2) is 51.6 Å². The maximum Gasteiger partial charge on any atom is 0.348 e. The average Bonchev–Trinajstić information content (AvgIpc) is 3.10. The molecule has 1 aliphatic carbocycles. The van der Waals surface area contributed by atoms with E-state index in [1.165, 1.54) is 28.6 Å². The summed E-state index contributed by atoms with van der Waals surface area (Å²) in [5.74, 6) is 7.25. The van der Waals surface area contributed by atoms with Gasteiger partial charge in [0.15, 0.2) is 0 Å². The second-order valence-electron chi connectivity index (χ2n) is 10.4. The number of hydrogen-bond donors (Lipinski definition) is 1. The summed E-state index contributed by atoms with van der Waals surface area (Å²) in [6, 6.07) is 5.94. The third-order valence-electron chi connectivity index (χ3n) is 7.90. The van der Waals surface area contributed by atoms with E-state index in [9.17, 15) is 14.4 Å². The molecule has 3 fully saturated rings. The number of amides is 2. The van der Waals surface area contributed by atoms with Crippen molar-refractivity contribution in [2.75, 3.05) is 24.6 Å². The van der Waals surface area contributed by atoms with E-state index in [1.54, 1.807) is 13.1 Å². The van der Waals surface area contributed by atoms with Gasteiger partial charge in [-0.2, -0.15) is 9.69 Å². The maximum atomic E-state index is 12.9. The second kappa shape index (κ2) is 10.00. The van der Waals surface area contributed by atoms with Crippen molar-refractivity contribution in [3.8, 4) is 11.8 Å². The van der Waals surface area contributed by atoms with Gasteiger partial charge in [-0.1, -0.05) is 11.8 Å². The minimum absolute atomic E-state index is 0.270. The monoisotopic (exact) mass is 477 g/mol. The van der Waals surface area contributed by atoms with Crippen LogP contribution in [0.1, 0.15) is 63.4 Å². The molecule has 5 rings (SSSR count). The molecule has 1 saturated carbocycles. The molecule has 2 aliphatic heterocycles. The maximum absolute atomic E-state index is 12.9. The van der Waals surface area contributed by atoms with Crippen molar-refractivity contribution in [2.45, 2.75) is 63.8 Å². The van der Waals surface area contributed by atoms with Crippen molar-refractivity contribution in [3.63, 3.8) is 0 Å². The molecule has 0 radical (unpaired) electrons. The molecule has 2 saturated heterocycles. The van der Waals surface area contributed by atoms with Gasteiger partial charge in [-0.05, 0) is 82.2 Å². The van der Waals surface area contributed by atoms with Gasteiger partial charge >= 0.3 is 5.69 Å². The van der Waals surface area contributed by atoms with Crippen molar-refractivity contribution < 1.29 is 9.59 Å². The first-order chi connectivity index (χ1) is 16.9. The van der Waals surface area contributed by atoms with Gasteiger partial charge in [0, 0.05) is 44.0 Å². The lowest BCUT2D eigenvalue weighted by Gasteiger charge is -2.35. The Kier molecular flexibility index (Phi) is 6.81. The van der Waals surface area contributed by atoms with Crippen molar-refractivity contribution in [2.24, 2.45) is 24.6 Å². The van der Waals surface area contributed by atoms with Crippen LogP contribution in [0, 0.1) is 23.7 Å². The van der Waals surface area contributed by atoms with Gasteiger partial charge in [-0.25, -0.2) is 4.79 Å². The zero-order valence-electron chi connectivity index (χ0n) is 20.5. The smallest absolute Gasteiger partial charge is 0.328 e. The van der Waals surface area contributed by atoms with E-state index in [-0.39, 0.29) is 24.7 Å². The summed E-state index contributed by atoms with van der Waals surface area (Å²) >= 11 is 0. The molecular formula is C27H35N5O3. The van der Waals surface area contributed by atoms with Crippen LogP contribution in [0.2, 0.25) is 0 Å². The number of carbonyl (C=O) groups excluding carboxylic acids is 2. The Balaban J connectivity index is 1.26. The summed E-state index contributed by atoms with van der Waals surface area (Å²) < 4.78 is 2.69. The predicted octanol–water partition coefficient (Wildman–Crippen LogP) is 2.10. The molecule has 2 amide bonds. The van der Waals surface area contributed by atoms with E-state index in [1.807, 2.05) is 12.1 Å². The van der Waals surface area contributed by atoms with E-state index >= 15 is 0 Å². The Morgan fingerprint density at radius 3 is 2.31 bits per heavy atom. The molecule has 35 heavy (non-hydrogen) atoms. The molecule has 1 aromatic carbocycles. The number of rotatable bonds is 3. The zero-order valence-corrected chi connectivity index (χ0v) is 20.5. The van der Waals surface area contributed by atoms with Gasteiger partial charge in [0.2, 0.25) is 11.8 Å². The fraction of sp³-hybridized carbons (Fsp3) is 0.593. The highest BCUT2D eigenvalue weighted by Crippen LogP contribution is 2.26. The summed E-state index contributed by atoms with van der Waals surface area (Å²) in [6.07, 6.45) is 8.07. The van der Waals surface area contributed by atoms with Crippen LogP contribution in [-0.2, 0) is 16.6 Å². The summed E-state index contributed by atoms with van der Waals surface area (Å²) in [4.78, 5) is 40.3. The highest BCUT2D eigenvalue weighted by atomic mass is 16.2. The number of fused-ring (bicyclic) bond motifs is 1. The molecule has 3 heterocycles. The number of hydrogen-bond acceptors (Lipinski definition) is 5. The van der Waals surface area contributed by atoms with E-state index in [0.717, 1.165) is 55.3 Å². The van der Waals surface area contributed by atoms with E-state index in [4.69, 9.17) is 5.73 Å². The van der Waals surface area contributed by atoms with Gasteiger partial charge in [-0.15, -0.1) is 0 Å². The van der Waals surface area contributed by atoms with Crippen molar-refractivity contribution >= 4 is 22.8 Å². The van der Waals surface area contributed by atoms with E-state index in [2.05, 4.69) is 16.7 Å². The standard InChI is InChI=1S/C27H35N5O3/c1-29-24-17-20(9-12-23(24)31(27(29)35)32-25(33)3-2-4-26(32)34)6-5-19-13-15-30(16-14-19)18-21-7-10-22(28)11-8-21/h9,12,17,19,21-22H,2-4,7-8,10-11,13-16,18,28H2,1H3. The minimum Gasteiger partial charge on any atom is -0.328 e. The van der Waals surface area contributed by atoms with Gasteiger partial charge in [-0.3, -0.25) is 14.2 Å². The minimum atomic E-state index is -0.402. The fourth-order valence-corrected chi connectivity index (χ4v) is 5.74. The molecule has 3 aliphatic rings. The largest absolute Gasteiger partial charge is 0.348 e. The first-order valence-electron chi connectivity index (χ1n) is 13.0. The van der Waals surface area contributed by atoms with Gasteiger partial charge < -0.3 is 10.6 Å². The fourth-order valence-electron chi connectivity index (χ4n) is 5.74. The first-order valence-corrected chi connectivity index (χ1v) is 13.0. The molecule has 8 nitrogen and oxygen atoms in total. The van der Waals surface area contributed by atoms with Crippen LogP contribution in [0.5, 0.6) is 0 Å². The van der Waals surface area contributed by atoms with Crippen LogP contribution in [0.4, 0.5) is 0 Å². The van der Waals surface area contributed by atoms with Crippen molar-refractivity contribution in [3.05, 3.63) is 34.2 Å². The molecule has 8 heteroatoms. The summed E-state index contributed by atoms with van der Waals surface area (Å²) in [6.45, 7) is 3.38. The molecule has 0 spiro atoms. The molecule has 0 unspecified atom stereocenters. The Bertz CT molecular complexity index is 1220. The van der Waals surface area contributed by atoms with Crippen LogP contribution in [0.25, 0.3) is 11.0 Å². The zero-order chi connectivity index (χ0) is 24.5. The first kappa shape index (κ1) is 23.8. The summed E-state index contributed by atoms with van der Waals surface area (Å²) in [5.41, 5.74) is 7.69. The Morgan fingerprint density at radius 2 is 1.63 bits per heavy atom. The highest BCUT2D eigenvalue weighted by molar-refractivity contribution is 6.11. The van der Waals surface area contributed by atoms with E-state index in [0.29, 0.717) is 29.4 Å². The molecule has 0 bridgehead atoms. The molecule has 0 atom stereocenters. The third-order valence-corrected chi connectivity index (χ3v) is 7.90. The number of benzene rings is 1. The summed E-state index contributed by atoms with van der Waals surface area (Å²) in [7, 11) is 1.66. The van der Waals surface area contributed by atoms with Crippen LogP contribution in [0.3, 0.4) is 0 Å². The van der Waals surface area contributed by atoms with Crippen molar-refractivity contribution in [1.82, 2.24) is 14.1 Å². The average molecular weight is 478 g/mol. The van der Waals surface area contributed by atoms with Crippen LogP contribution in [0.15, 0.2) is 23.0 Å². The number of nitrogens with two attached hydrogens (primary N) is 1. The molecule has 2 aromatic rings. The summed E-state index contributed by atoms with van der Waals surface area (Å²) in [5, 5.41) is 1.01. The Hall–Kier alpha value is -2.89. The number of piperidine rings is 2. The van der Waals surface area contributed by atoms with Crippen LogP contribution < -0.4 is 16.4 Å². The Labute approximate surface area is 206 Å². The molecule has 2 N–H and O–H groups in total. The Morgan fingerprint density at radius 1 is 0.943 bits per heavy atom. The van der Waals surface area contributed by atoms with Crippen LogP contribution >= 0.6 is 0 Å². The quantitative estimate of drug-likeness (QED) is 0.540. The lowest BCUT2D eigenvalue weighted by atomic mass is 9.85. The number of imide groups is 1. The third kappa shape index (κ3) is 4.93. The van der Waals surface area contributed by atoms with Gasteiger partial charge in [0.25, 0.3) is 0 Å². The normalized spacial score (nSPS) is 24.6. The molecule has 1 aromatic heterocycles. The predicted molar refractivity (Wildman–Crippen MR) is 135 cm³/mol.